The molecule has 0 aliphatic carbocycles. The van der Waals surface area contributed by atoms with Gasteiger partial charge in [0.05, 0.1) is 34.0 Å². The Kier molecular flexibility index (Phi) is 8.57. The molecular formula is C39H40Cl2N10O2. The van der Waals surface area contributed by atoms with E-state index >= 15 is 4.79 Å². The van der Waals surface area contributed by atoms with Crippen molar-refractivity contribution in [2.45, 2.75) is 60.4 Å². The van der Waals surface area contributed by atoms with Crippen molar-refractivity contribution >= 4 is 56.7 Å². The number of halogens is 2. The summed E-state index contributed by atoms with van der Waals surface area (Å²) in [4.78, 5) is 22.0. The normalized spacial score (nSPS) is 14.6. The Morgan fingerprint density at radius 1 is 0.981 bits per heavy atom. The molecule has 8 rings (SSSR count). The van der Waals surface area contributed by atoms with E-state index in [0.717, 1.165) is 72.1 Å². The van der Waals surface area contributed by atoms with Crippen LogP contribution in [-0.2, 0) is 20.5 Å². The van der Waals surface area contributed by atoms with Gasteiger partial charge >= 0.3 is 0 Å². The Morgan fingerprint density at radius 3 is 2.42 bits per heavy atom. The molecular weight excluding hydrogens is 711 g/mol. The van der Waals surface area contributed by atoms with Crippen LogP contribution in [-0.4, -0.2) is 63.2 Å². The summed E-state index contributed by atoms with van der Waals surface area (Å²) < 4.78 is 13.9. The number of aromatic nitrogens is 9. The first-order valence-electron chi connectivity index (χ1n) is 17.6. The number of rotatable bonds is 8. The summed E-state index contributed by atoms with van der Waals surface area (Å²) in [5.74, 6) is 1.87. The van der Waals surface area contributed by atoms with E-state index < -0.39 is 0 Å². The van der Waals surface area contributed by atoms with Gasteiger partial charge in [0.2, 0.25) is 0 Å². The van der Waals surface area contributed by atoms with Gasteiger partial charge in [-0.1, -0.05) is 29.3 Å². The fraction of sp³-hybridized carbons (Fsp3) is 0.333. The number of tetrazole rings is 1. The highest BCUT2D eigenvalue weighted by Gasteiger charge is 2.38. The quantitative estimate of drug-likeness (QED) is 0.145. The Labute approximate surface area is 316 Å². The lowest BCUT2D eigenvalue weighted by Crippen LogP contribution is -2.42. The number of aryl methyl sites for hydroxylation is 7. The van der Waals surface area contributed by atoms with Crippen molar-refractivity contribution in [3.05, 3.63) is 92.2 Å². The van der Waals surface area contributed by atoms with Gasteiger partial charge in [0.1, 0.15) is 17.0 Å². The standard InChI is InChI=1S/C39H40Cl2N10O2/c1-20-16-26(17-21(2)35(20)41)53-15-9-10-27-28-11-12-29(40)34(33-23(4)44-48(8)24(33)5)37(28)50-22(3)18-49(39(52)38(27)50)31-19-47(7)30-13-14-32(42-36(30)31)51-25(6)43-45-46-51/h11-14,16-17,19,22H,9-10,15,18H2,1-8H3. The highest BCUT2D eigenvalue weighted by atomic mass is 35.5. The minimum Gasteiger partial charge on any atom is -0.494 e. The molecule has 6 heterocycles. The van der Waals surface area contributed by atoms with Gasteiger partial charge in [-0.05, 0) is 112 Å². The number of fused-ring (bicyclic) bond motifs is 4. The molecule has 7 aromatic rings. The zero-order valence-electron chi connectivity index (χ0n) is 31.0. The van der Waals surface area contributed by atoms with Crippen LogP contribution in [0.25, 0.3) is 38.9 Å². The summed E-state index contributed by atoms with van der Waals surface area (Å²) in [7, 11) is 3.91. The molecule has 0 fully saturated rings. The van der Waals surface area contributed by atoms with Crippen LogP contribution >= 0.6 is 23.2 Å². The van der Waals surface area contributed by atoms with E-state index in [-0.39, 0.29) is 11.9 Å². The number of carbonyl (C=O) groups excluding carboxylic acids is 1. The fourth-order valence-electron chi connectivity index (χ4n) is 7.92. The van der Waals surface area contributed by atoms with E-state index in [1.807, 2.05) is 92.5 Å². The number of carbonyl (C=O) groups is 1. The van der Waals surface area contributed by atoms with Gasteiger partial charge in [-0.2, -0.15) is 9.78 Å². The fourth-order valence-corrected chi connectivity index (χ4v) is 8.28. The molecule has 14 heteroatoms. The Hall–Kier alpha value is -5.20. The van der Waals surface area contributed by atoms with E-state index in [0.29, 0.717) is 53.9 Å². The van der Waals surface area contributed by atoms with Gasteiger partial charge < -0.3 is 18.8 Å². The third kappa shape index (κ3) is 5.58. The van der Waals surface area contributed by atoms with Crippen LogP contribution in [0, 0.1) is 34.6 Å². The lowest BCUT2D eigenvalue weighted by atomic mass is 9.98. The summed E-state index contributed by atoms with van der Waals surface area (Å²) in [6.07, 6.45) is 3.27. The second kappa shape index (κ2) is 13.0. The second-order valence-corrected chi connectivity index (χ2v) is 14.9. The van der Waals surface area contributed by atoms with Gasteiger partial charge in [0.25, 0.3) is 5.91 Å². The number of hydrogen-bond donors (Lipinski definition) is 0. The minimum absolute atomic E-state index is 0.0980. The van der Waals surface area contributed by atoms with Gasteiger partial charge in [-0.25, -0.2) is 4.98 Å². The van der Waals surface area contributed by atoms with E-state index in [1.54, 1.807) is 4.68 Å². The van der Waals surface area contributed by atoms with E-state index in [9.17, 15) is 0 Å². The molecule has 1 atom stereocenters. The highest BCUT2D eigenvalue weighted by Crippen LogP contribution is 2.45. The molecule has 0 N–H and O–H groups in total. The van der Waals surface area contributed by atoms with Crippen molar-refractivity contribution in [1.82, 2.24) is 44.1 Å². The van der Waals surface area contributed by atoms with Crippen molar-refractivity contribution < 1.29 is 9.53 Å². The van der Waals surface area contributed by atoms with Gasteiger partial charge in [-0.3, -0.25) is 9.48 Å². The summed E-state index contributed by atoms with van der Waals surface area (Å²) in [6.45, 7) is 12.9. The van der Waals surface area contributed by atoms with E-state index in [4.69, 9.17) is 38.0 Å². The summed E-state index contributed by atoms with van der Waals surface area (Å²) in [5, 5.41) is 19.1. The molecule has 0 spiro atoms. The Balaban J connectivity index is 1.27. The summed E-state index contributed by atoms with van der Waals surface area (Å²) in [5.41, 5.74) is 10.6. The molecule has 0 radical (unpaired) electrons. The molecule has 1 amide bonds. The number of nitrogens with zero attached hydrogens (tertiary/aromatic N) is 10. The lowest BCUT2D eigenvalue weighted by molar-refractivity contribution is 0.0957. The smallest absolute Gasteiger partial charge is 0.275 e. The molecule has 1 aliphatic rings. The Morgan fingerprint density at radius 2 is 1.74 bits per heavy atom. The first kappa shape index (κ1) is 34.9. The van der Waals surface area contributed by atoms with Crippen LogP contribution in [0.3, 0.4) is 0 Å². The molecule has 0 saturated carbocycles. The van der Waals surface area contributed by atoms with Crippen molar-refractivity contribution in [2.24, 2.45) is 14.1 Å². The number of hydrogen-bond acceptors (Lipinski definition) is 7. The zero-order chi connectivity index (χ0) is 37.5. The summed E-state index contributed by atoms with van der Waals surface area (Å²) >= 11 is 13.5. The molecule has 0 saturated heterocycles. The first-order chi connectivity index (χ1) is 25.3. The van der Waals surface area contributed by atoms with E-state index in [2.05, 4.69) is 40.0 Å². The molecule has 1 aliphatic heterocycles. The largest absolute Gasteiger partial charge is 0.494 e. The predicted molar refractivity (Wildman–Crippen MR) is 208 cm³/mol. The predicted octanol–water partition coefficient (Wildman–Crippen LogP) is 7.99. The van der Waals surface area contributed by atoms with Crippen molar-refractivity contribution in [2.75, 3.05) is 18.1 Å². The zero-order valence-corrected chi connectivity index (χ0v) is 32.5. The van der Waals surface area contributed by atoms with E-state index in [1.165, 1.54) is 0 Å². The number of amides is 1. The SMILES string of the molecule is Cc1cc(OCCCc2c3n(c4c(-c5c(C)nn(C)c5C)c(Cl)ccc24)C(C)CN(c2cn(C)c4ccc(-n5nnnc5C)nc24)C3=O)cc(C)c1Cl. The van der Waals surface area contributed by atoms with Gasteiger partial charge in [0.15, 0.2) is 11.6 Å². The minimum atomic E-state index is -0.107. The number of benzene rings is 2. The lowest BCUT2D eigenvalue weighted by Gasteiger charge is -2.34. The van der Waals surface area contributed by atoms with Crippen LogP contribution in [0.5, 0.6) is 5.75 Å². The monoisotopic (exact) mass is 750 g/mol. The number of ether oxygens (including phenoxy) is 1. The average Bonchev–Trinajstić information content (AvgIpc) is 3.86. The summed E-state index contributed by atoms with van der Waals surface area (Å²) in [6, 6.07) is 11.7. The maximum Gasteiger partial charge on any atom is 0.275 e. The number of pyridine rings is 1. The van der Waals surface area contributed by atoms with Crippen molar-refractivity contribution in [1.29, 1.82) is 0 Å². The van der Waals surface area contributed by atoms with Gasteiger partial charge in [-0.15, -0.1) is 5.10 Å². The highest BCUT2D eigenvalue weighted by molar-refractivity contribution is 6.35. The van der Waals surface area contributed by atoms with Crippen LogP contribution < -0.4 is 9.64 Å². The molecule has 2 aromatic carbocycles. The van der Waals surface area contributed by atoms with Crippen molar-refractivity contribution in [3.63, 3.8) is 0 Å². The molecule has 0 bridgehead atoms. The van der Waals surface area contributed by atoms with Crippen LogP contribution in [0.1, 0.15) is 63.8 Å². The van der Waals surface area contributed by atoms with Crippen molar-refractivity contribution in [3.8, 4) is 22.7 Å². The maximum absolute atomic E-state index is 15.1. The van der Waals surface area contributed by atoms with Gasteiger partial charge in [0, 0.05) is 60.1 Å². The van der Waals surface area contributed by atoms with Crippen LogP contribution in [0.4, 0.5) is 5.69 Å². The second-order valence-electron chi connectivity index (χ2n) is 14.1. The topological polar surface area (TPSA) is 114 Å². The molecule has 272 valence electrons. The Bertz CT molecular complexity index is 2590. The van der Waals surface area contributed by atoms with Crippen LogP contribution in [0.15, 0.2) is 42.6 Å². The average molecular weight is 752 g/mol. The third-order valence-corrected chi connectivity index (χ3v) is 11.4. The maximum atomic E-state index is 15.1. The molecule has 12 nitrogen and oxygen atoms in total. The number of anilines is 1. The molecule has 1 unspecified atom stereocenters. The third-order valence-electron chi connectivity index (χ3n) is 10.5. The first-order valence-corrected chi connectivity index (χ1v) is 18.4. The molecule has 53 heavy (non-hydrogen) atoms. The molecule has 5 aromatic heterocycles. The van der Waals surface area contributed by atoms with Crippen LogP contribution in [0.2, 0.25) is 10.0 Å².